The van der Waals surface area contributed by atoms with Gasteiger partial charge in [0.15, 0.2) is 0 Å². The Labute approximate surface area is 300 Å². The predicted molar refractivity (Wildman–Crippen MR) is 210 cm³/mol. The molecule has 0 radical (unpaired) electrons. The maximum Gasteiger partial charge on any atom is 0.115 e. The molecule has 9 aromatic rings. The van der Waals surface area contributed by atoms with Crippen LogP contribution in [0.2, 0.25) is 0 Å². The Balaban J connectivity index is 0.884. The minimum Gasteiger partial charge on any atom is -0.508 e. The normalized spacial score (nSPS) is 11.5. The summed E-state index contributed by atoms with van der Waals surface area (Å²) in [6.07, 6.45) is 11.3. The number of pyridine rings is 4. The van der Waals surface area contributed by atoms with E-state index in [1.165, 1.54) is 22.3 Å². The second kappa shape index (κ2) is 13.2. The van der Waals surface area contributed by atoms with Gasteiger partial charge in [-0.2, -0.15) is 0 Å². The van der Waals surface area contributed by atoms with Crippen molar-refractivity contribution in [1.29, 1.82) is 0 Å². The van der Waals surface area contributed by atoms with E-state index < -0.39 is 0 Å². The fourth-order valence-electron chi connectivity index (χ4n) is 7.23. The third-order valence-corrected chi connectivity index (χ3v) is 10.1. The number of phenols is 2. The van der Waals surface area contributed by atoms with Gasteiger partial charge in [0.05, 0.1) is 22.1 Å². The number of aryl methyl sites for hydroxylation is 4. The van der Waals surface area contributed by atoms with E-state index in [-0.39, 0.29) is 11.5 Å². The summed E-state index contributed by atoms with van der Waals surface area (Å²) >= 11 is 0. The molecule has 9 rings (SSSR count). The van der Waals surface area contributed by atoms with Crippen molar-refractivity contribution in [2.45, 2.75) is 25.7 Å². The molecular weight excluding hydrogens is 641 g/mol. The van der Waals surface area contributed by atoms with Gasteiger partial charge in [0.2, 0.25) is 0 Å². The van der Waals surface area contributed by atoms with E-state index in [1.54, 1.807) is 24.3 Å². The van der Waals surface area contributed by atoms with E-state index in [0.29, 0.717) is 0 Å². The Kier molecular flexibility index (Phi) is 7.97. The maximum atomic E-state index is 9.66. The molecule has 0 saturated carbocycles. The van der Waals surface area contributed by atoms with Crippen LogP contribution >= 0.6 is 0 Å². The number of aromatic nitrogens is 4. The molecule has 0 atom stereocenters. The summed E-state index contributed by atoms with van der Waals surface area (Å²) in [5.41, 5.74) is 12.8. The topological polar surface area (TPSA) is 92.0 Å². The lowest BCUT2D eigenvalue weighted by Crippen LogP contribution is -1.97. The Morgan fingerprint density at radius 2 is 0.788 bits per heavy atom. The molecule has 52 heavy (non-hydrogen) atoms. The van der Waals surface area contributed by atoms with Crippen LogP contribution in [0.5, 0.6) is 11.5 Å². The average molecular weight is 675 g/mol. The molecule has 0 aliphatic heterocycles. The summed E-state index contributed by atoms with van der Waals surface area (Å²) in [7, 11) is 0. The Bertz CT molecular complexity index is 2550. The molecule has 0 aliphatic rings. The van der Waals surface area contributed by atoms with Gasteiger partial charge >= 0.3 is 0 Å². The molecule has 5 aromatic carbocycles. The number of aromatic hydroxyl groups is 2. The van der Waals surface area contributed by atoms with Gasteiger partial charge in [-0.15, -0.1) is 0 Å². The molecule has 2 N–H and O–H groups in total. The van der Waals surface area contributed by atoms with Gasteiger partial charge < -0.3 is 10.2 Å². The van der Waals surface area contributed by atoms with E-state index in [4.69, 9.17) is 19.9 Å². The summed E-state index contributed by atoms with van der Waals surface area (Å²) in [4.78, 5) is 19.1. The van der Waals surface area contributed by atoms with Crippen LogP contribution in [0.25, 0.3) is 65.9 Å². The first-order chi connectivity index (χ1) is 25.6. The largest absolute Gasteiger partial charge is 0.508 e. The highest BCUT2D eigenvalue weighted by molar-refractivity contribution is 6.05. The molecule has 0 aliphatic carbocycles. The third kappa shape index (κ3) is 6.05. The van der Waals surface area contributed by atoms with Crippen molar-refractivity contribution in [3.63, 3.8) is 0 Å². The van der Waals surface area contributed by atoms with Gasteiger partial charge in [-0.25, -0.2) is 0 Å². The average Bonchev–Trinajstić information content (AvgIpc) is 3.19. The Morgan fingerprint density at radius 3 is 1.21 bits per heavy atom. The van der Waals surface area contributed by atoms with Gasteiger partial charge in [-0.1, -0.05) is 72.8 Å². The first-order valence-corrected chi connectivity index (χ1v) is 17.6. The molecule has 4 heterocycles. The van der Waals surface area contributed by atoms with Crippen LogP contribution in [-0.4, -0.2) is 30.1 Å². The fraction of sp³-hybridized carbons (Fsp3) is 0.0870. The molecule has 0 saturated heterocycles. The molecular formula is C46H34N4O2. The lowest BCUT2D eigenvalue weighted by molar-refractivity contribution is 0.475. The zero-order valence-corrected chi connectivity index (χ0v) is 28.4. The molecule has 0 fully saturated rings. The molecule has 0 unspecified atom stereocenters. The van der Waals surface area contributed by atoms with Crippen molar-refractivity contribution in [2.24, 2.45) is 0 Å². The quantitative estimate of drug-likeness (QED) is 0.156. The van der Waals surface area contributed by atoms with E-state index in [0.717, 1.165) is 91.5 Å². The van der Waals surface area contributed by atoms with Crippen molar-refractivity contribution in [2.75, 3.05) is 0 Å². The van der Waals surface area contributed by atoms with Crippen LogP contribution < -0.4 is 0 Å². The number of fused-ring (bicyclic) bond motifs is 6. The molecule has 0 spiro atoms. The second-order valence-electron chi connectivity index (χ2n) is 13.4. The van der Waals surface area contributed by atoms with E-state index in [1.807, 2.05) is 49.1 Å². The lowest BCUT2D eigenvalue weighted by atomic mass is 9.97. The van der Waals surface area contributed by atoms with Gasteiger partial charge in [0.25, 0.3) is 0 Å². The zero-order chi connectivity index (χ0) is 35.0. The highest BCUT2D eigenvalue weighted by Gasteiger charge is 2.12. The standard InChI is InChI=1S/C46H34N4O2/c51-39-15-9-31(10-16-39)37-25-35-13-19-41-33(21-23-47-45(41)43(35)49-27-37)7-5-29-1-2-30(4-3-29)6-8-34-22-24-48-46-42(34)20-14-36-26-38(28-50-44(36)46)32-11-17-40(52)18-12-32/h1-4,9-28,51-52H,5-8H2. The summed E-state index contributed by atoms with van der Waals surface area (Å²) in [5.74, 6) is 0.504. The van der Waals surface area contributed by atoms with Crippen molar-refractivity contribution in [3.8, 4) is 33.8 Å². The monoisotopic (exact) mass is 674 g/mol. The molecule has 250 valence electrons. The molecule has 0 amide bonds. The minimum atomic E-state index is 0.252. The number of hydrogen-bond donors (Lipinski definition) is 2. The number of hydrogen-bond acceptors (Lipinski definition) is 6. The zero-order valence-electron chi connectivity index (χ0n) is 28.4. The van der Waals surface area contributed by atoms with Crippen LogP contribution in [0.3, 0.4) is 0 Å². The molecule has 4 aromatic heterocycles. The number of phenolic OH excluding ortho intramolecular Hbond substituents is 2. The summed E-state index contributed by atoms with van der Waals surface area (Å²) in [5, 5.41) is 23.7. The Morgan fingerprint density at radius 1 is 0.365 bits per heavy atom. The number of rotatable bonds is 8. The van der Waals surface area contributed by atoms with Gasteiger partial charge in [-0.05, 0) is 108 Å². The van der Waals surface area contributed by atoms with Gasteiger partial charge in [0, 0.05) is 57.5 Å². The molecule has 0 bridgehead atoms. The lowest BCUT2D eigenvalue weighted by Gasteiger charge is -2.11. The van der Waals surface area contributed by atoms with Crippen LogP contribution in [0.4, 0.5) is 0 Å². The van der Waals surface area contributed by atoms with Gasteiger partial charge in [0.1, 0.15) is 11.5 Å². The van der Waals surface area contributed by atoms with Crippen molar-refractivity contribution < 1.29 is 10.2 Å². The first-order valence-electron chi connectivity index (χ1n) is 17.6. The SMILES string of the molecule is Oc1ccc(-c2cnc3c(ccc4c(CCc5ccc(CCc6ccnc7c6ccc6cc(-c8ccc(O)cc8)cnc67)cc5)ccnc43)c2)cc1. The van der Waals surface area contributed by atoms with Crippen molar-refractivity contribution in [1.82, 2.24) is 19.9 Å². The Hall–Kier alpha value is -6.66. The highest BCUT2D eigenvalue weighted by Crippen LogP contribution is 2.31. The number of benzene rings is 5. The third-order valence-electron chi connectivity index (χ3n) is 10.1. The highest BCUT2D eigenvalue weighted by atomic mass is 16.3. The fourth-order valence-corrected chi connectivity index (χ4v) is 7.23. The predicted octanol–water partition coefficient (Wildman–Crippen LogP) is 10.2. The summed E-state index contributed by atoms with van der Waals surface area (Å²) < 4.78 is 0. The van der Waals surface area contributed by atoms with Crippen LogP contribution in [0.1, 0.15) is 22.3 Å². The van der Waals surface area contributed by atoms with Crippen molar-refractivity contribution in [3.05, 3.63) is 168 Å². The minimum absolute atomic E-state index is 0.252. The van der Waals surface area contributed by atoms with Crippen LogP contribution in [0, 0.1) is 0 Å². The van der Waals surface area contributed by atoms with Crippen LogP contribution in [-0.2, 0) is 25.7 Å². The summed E-state index contributed by atoms with van der Waals surface area (Å²) in [6, 6.07) is 40.6. The van der Waals surface area contributed by atoms with E-state index >= 15 is 0 Å². The van der Waals surface area contributed by atoms with E-state index in [2.05, 4.69) is 72.8 Å². The van der Waals surface area contributed by atoms with Crippen LogP contribution in [0.15, 0.2) is 146 Å². The maximum absolute atomic E-state index is 9.66. The first kappa shape index (κ1) is 31.3. The number of nitrogens with zero attached hydrogens (tertiary/aromatic N) is 4. The molecule has 6 nitrogen and oxygen atoms in total. The van der Waals surface area contributed by atoms with Gasteiger partial charge in [-0.3, -0.25) is 19.9 Å². The smallest absolute Gasteiger partial charge is 0.115 e. The van der Waals surface area contributed by atoms with E-state index in [9.17, 15) is 10.2 Å². The second-order valence-corrected chi connectivity index (χ2v) is 13.4. The summed E-state index contributed by atoms with van der Waals surface area (Å²) in [6.45, 7) is 0. The van der Waals surface area contributed by atoms with Crippen molar-refractivity contribution >= 4 is 43.6 Å². The molecule has 6 heteroatoms.